The first-order valence-electron chi connectivity index (χ1n) is 11.8. The fourth-order valence-electron chi connectivity index (χ4n) is 4.74. The quantitative estimate of drug-likeness (QED) is 0.287. The minimum Gasteiger partial charge on any atom is -0.495 e. The Bertz CT molecular complexity index is 1500. The van der Waals surface area contributed by atoms with Crippen LogP contribution in [0.15, 0.2) is 59.3 Å². The molecule has 0 spiro atoms. The molecular formula is C29H29ClN2O6. The molecule has 8 nitrogen and oxygen atoms in total. The zero-order chi connectivity index (χ0) is 27.7. The summed E-state index contributed by atoms with van der Waals surface area (Å²) in [7, 11) is 5.92. The first-order chi connectivity index (χ1) is 18.2. The number of ether oxygens (including phenoxy) is 4. The molecule has 0 saturated heterocycles. The highest BCUT2D eigenvalue weighted by Gasteiger charge is 2.38. The molecule has 3 aromatic rings. The summed E-state index contributed by atoms with van der Waals surface area (Å²) in [5.74, 6) is 0.618. The Morgan fingerprint density at radius 1 is 0.842 bits per heavy atom. The first kappa shape index (κ1) is 26.9. The molecular weight excluding hydrogens is 508 g/mol. The Morgan fingerprint density at radius 3 is 2.08 bits per heavy atom. The summed E-state index contributed by atoms with van der Waals surface area (Å²) in [5, 5.41) is 0.487. The SMILES string of the molecule is COC(=O)C1=C(C)N(c2ccc(OC)c(OC)c2)C(=O)/C1=C\c1cc(C)n(-c2ccc(OC)c(Cl)c2)c1C. The van der Waals surface area contributed by atoms with E-state index in [1.165, 1.54) is 26.2 Å². The van der Waals surface area contributed by atoms with Crippen LogP contribution in [-0.4, -0.2) is 44.9 Å². The average Bonchev–Trinajstić information content (AvgIpc) is 3.33. The molecule has 1 aromatic heterocycles. The van der Waals surface area contributed by atoms with Crippen molar-refractivity contribution in [3.63, 3.8) is 0 Å². The summed E-state index contributed by atoms with van der Waals surface area (Å²) < 4.78 is 23.1. The van der Waals surface area contributed by atoms with E-state index >= 15 is 0 Å². The average molecular weight is 537 g/mol. The Labute approximate surface area is 226 Å². The minimum atomic E-state index is -0.596. The molecule has 198 valence electrons. The standard InChI is InChI=1S/C29H29ClN2O6/c1-16-12-19(17(2)31(16)20-8-10-24(35-4)23(30)14-20)13-22-27(29(34)38-7)18(3)32(28(22)33)21-9-11-25(36-5)26(15-21)37-6/h8-15H,1-7H3/b22-13-. The van der Waals surface area contributed by atoms with Gasteiger partial charge < -0.3 is 23.5 Å². The van der Waals surface area contributed by atoms with Crippen LogP contribution in [0.25, 0.3) is 11.8 Å². The van der Waals surface area contributed by atoms with Gasteiger partial charge in [-0.3, -0.25) is 9.69 Å². The normalized spacial score (nSPS) is 14.4. The van der Waals surface area contributed by atoms with Crippen molar-refractivity contribution in [3.05, 3.63) is 81.3 Å². The fourth-order valence-corrected chi connectivity index (χ4v) is 4.99. The summed E-state index contributed by atoms with van der Waals surface area (Å²) in [6.45, 7) is 5.61. The second-order valence-electron chi connectivity index (χ2n) is 8.67. The highest BCUT2D eigenvalue weighted by Crippen LogP contribution is 2.39. The van der Waals surface area contributed by atoms with E-state index in [0.717, 1.165) is 22.6 Å². The van der Waals surface area contributed by atoms with Gasteiger partial charge >= 0.3 is 5.97 Å². The predicted molar refractivity (Wildman–Crippen MR) is 147 cm³/mol. The number of benzene rings is 2. The Hall–Kier alpha value is -4.17. The predicted octanol–water partition coefficient (Wildman–Crippen LogP) is 5.65. The number of rotatable bonds is 7. The van der Waals surface area contributed by atoms with Crippen LogP contribution < -0.4 is 19.1 Å². The van der Waals surface area contributed by atoms with Crippen molar-refractivity contribution in [2.24, 2.45) is 0 Å². The highest BCUT2D eigenvalue weighted by atomic mass is 35.5. The number of allylic oxidation sites excluding steroid dienone is 1. The monoisotopic (exact) mass is 536 g/mol. The molecule has 1 aliphatic rings. The largest absolute Gasteiger partial charge is 0.495 e. The summed E-state index contributed by atoms with van der Waals surface area (Å²) in [6, 6.07) is 12.6. The number of aryl methyl sites for hydroxylation is 1. The molecule has 0 atom stereocenters. The van der Waals surface area contributed by atoms with E-state index in [2.05, 4.69) is 0 Å². The molecule has 0 saturated carbocycles. The van der Waals surface area contributed by atoms with Gasteiger partial charge in [0.25, 0.3) is 5.91 Å². The molecule has 0 aliphatic carbocycles. The lowest BCUT2D eigenvalue weighted by Crippen LogP contribution is -2.24. The van der Waals surface area contributed by atoms with Crippen LogP contribution in [0.5, 0.6) is 17.2 Å². The van der Waals surface area contributed by atoms with Gasteiger partial charge in [0.2, 0.25) is 0 Å². The third-order valence-electron chi connectivity index (χ3n) is 6.58. The van der Waals surface area contributed by atoms with Crippen LogP contribution in [0.4, 0.5) is 5.69 Å². The van der Waals surface area contributed by atoms with Gasteiger partial charge in [0.1, 0.15) is 5.75 Å². The zero-order valence-electron chi connectivity index (χ0n) is 22.3. The number of esters is 1. The van der Waals surface area contributed by atoms with Gasteiger partial charge in [0.15, 0.2) is 11.5 Å². The second-order valence-corrected chi connectivity index (χ2v) is 9.08. The van der Waals surface area contributed by atoms with Crippen molar-refractivity contribution >= 4 is 35.2 Å². The molecule has 0 unspecified atom stereocenters. The van der Waals surface area contributed by atoms with Gasteiger partial charge in [-0.25, -0.2) is 4.79 Å². The Kier molecular flexibility index (Phi) is 7.55. The molecule has 2 heterocycles. The van der Waals surface area contributed by atoms with Gasteiger partial charge in [0.05, 0.1) is 50.3 Å². The van der Waals surface area contributed by atoms with E-state index < -0.39 is 5.97 Å². The number of hydrogen-bond acceptors (Lipinski definition) is 6. The van der Waals surface area contributed by atoms with E-state index in [1.807, 2.05) is 36.6 Å². The molecule has 0 N–H and O–H groups in total. The van der Waals surface area contributed by atoms with Crippen LogP contribution in [0.1, 0.15) is 23.9 Å². The maximum atomic E-state index is 13.8. The van der Waals surface area contributed by atoms with Crippen LogP contribution in [-0.2, 0) is 14.3 Å². The van der Waals surface area contributed by atoms with Crippen molar-refractivity contribution in [2.75, 3.05) is 33.3 Å². The van der Waals surface area contributed by atoms with E-state index in [-0.39, 0.29) is 17.1 Å². The summed E-state index contributed by atoms with van der Waals surface area (Å²) in [6.07, 6.45) is 1.73. The highest BCUT2D eigenvalue weighted by molar-refractivity contribution is 6.32. The topological polar surface area (TPSA) is 79.2 Å². The number of halogens is 1. The van der Waals surface area contributed by atoms with Crippen molar-refractivity contribution < 1.29 is 28.5 Å². The molecule has 0 bridgehead atoms. The molecule has 0 fully saturated rings. The molecule has 38 heavy (non-hydrogen) atoms. The molecule has 0 radical (unpaired) electrons. The molecule has 1 aliphatic heterocycles. The summed E-state index contributed by atoms with van der Waals surface area (Å²) in [4.78, 5) is 28.1. The van der Waals surface area contributed by atoms with Gasteiger partial charge in [-0.05, 0) is 68.8 Å². The minimum absolute atomic E-state index is 0.199. The number of carbonyl (C=O) groups excluding carboxylic acids is 2. The fraction of sp³-hybridized carbons (Fsp3) is 0.241. The third kappa shape index (κ3) is 4.52. The maximum Gasteiger partial charge on any atom is 0.340 e. The lowest BCUT2D eigenvalue weighted by molar-refractivity contribution is -0.136. The number of amides is 1. The molecule has 1 amide bonds. The van der Waals surface area contributed by atoms with Crippen molar-refractivity contribution in [2.45, 2.75) is 20.8 Å². The van der Waals surface area contributed by atoms with Gasteiger partial charge in [-0.15, -0.1) is 0 Å². The number of methoxy groups -OCH3 is 4. The van der Waals surface area contributed by atoms with Gasteiger partial charge in [-0.1, -0.05) is 11.6 Å². The van der Waals surface area contributed by atoms with Crippen molar-refractivity contribution in [3.8, 4) is 22.9 Å². The third-order valence-corrected chi connectivity index (χ3v) is 6.87. The van der Waals surface area contributed by atoms with Crippen LogP contribution >= 0.6 is 11.6 Å². The number of carbonyl (C=O) groups is 2. The van der Waals surface area contributed by atoms with E-state index in [4.69, 9.17) is 30.5 Å². The lowest BCUT2D eigenvalue weighted by Gasteiger charge is -2.19. The van der Waals surface area contributed by atoms with Gasteiger partial charge in [0, 0.05) is 28.8 Å². The number of hydrogen-bond donors (Lipinski definition) is 0. The molecule has 9 heteroatoms. The van der Waals surface area contributed by atoms with E-state index in [1.54, 1.807) is 44.4 Å². The number of aromatic nitrogens is 1. The number of nitrogens with zero attached hydrogens (tertiary/aromatic N) is 2. The van der Waals surface area contributed by atoms with E-state index in [9.17, 15) is 9.59 Å². The Balaban J connectivity index is 1.83. The van der Waals surface area contributed by atoms with E-state index in [0.29, 0.717) is 33.7 Å². The zero-order valence-corrected chi connectivity index (χ0v) is 23.1. The molecule has 2 aromatic carbocycles. The first-order valence-corrected chi connectivity index (χ1v) is 12.1. The smallest absolute Gasteiger partial charge is 0.340 e. The van der Waals surface area contributed by atoms with Crippen molar-refractivity contribution in [1.29, 1.82) is 0 Å². The van der Waals surface area contributed by atoms with Crippen LogP contribution in [0, 0.1) is 13.8 Å². The van der Waals surface area contributed by atoms with Crippen molar-refractivity contribution in [1.82, 2.24) is 4.57 Å². The van der Waals surface area contributed by atoms with Crippen LogP contribution in [0.3, 0.4) is 0 Å². The lowest BCUT2D eigenvalue weighted by atomic mass is 10.0. The summed E-state index contributed by atoms with van der Waals surface area (Å²) in [5.41, 5.74) is 4.85. The number of anilines is 1. The maximum absolute atomic E-state index is 13.8. The van der Waals surface area contributed by atoms with Gasteiger partial charge in [-0.2, -0.15) is 0 Å². The van der Waals surface area contributed by atoms with Crippen LogP contribution in [0.2, 0.25) is 5.02 Å². The second kappa shape index (κ2) is 10.7. The Morgan fingerprint density at radius 2 is 1.47 bits per heavy atom. The molecule has 4 rings (SSSR count). The summed E-state index contributed by atoms with van der Waals surface area (Å²) >= 11 is 6.37.